The number of rotatable bonds is 7. The molecule has 0 aliphatic heterocycles. The molecule has 0 spiro atoms. The van der Waals surface area contributed by atoms with Gasteiger partial charge in [0.1, 0.15) is 16.4 Å². The molecule has 4 aromatic rings. The minimum atomic E-state index is -0.465. The third-order valence-corrected chi connectivity index (χ3v) is 5.35. The van der Waals surface area contributed by atoms with Crippen LogP contribution in [-0.4, -0.2) is 32.5 Å². The summed E-state index contributed by atoms with van der Waals surface area (Å²) in [6.07, 6.45) is 3.25. The van der Waals surface area contributed by atoms with Crippen molar-refractivity contribution in [1.82, 2.24) is 19.9 Å². The fourth-order valence-electron chi connectivity index (χ4n) is 2.97. The van der Waals surface area contributed by atoms with Gasteiger partial charge in [-0.25, -0.2) is 19.7 Å². The quantitative estimate of drug-likeness (QED) is 0.422. The Bertz CT molecular complexity index is 1190. The summed E-state index contributed by atoms with van der Waals surface area (Å²) in [5, 5.41) is 6.03. The smallest absolute Gasteiger partial charge is 0.343 e. The molecular weight excluding hydrogens is 410 g/mol. The molecule has 0 amide bonds. The molecule has 0 unspecified atom stereocenters. The van der Waals surface area contributed by atoms with Crippen LogP contribution in [0.1, 0.15) is 28.5 Å². The van der Waals surface area contributed by atoms with E-state index in [1.54, 1.807) is 13.1 Å². The Morgan fingerprint density at radius 1 is 1.13 bits per heavy atom. The van der Waals surface area contributed by atoms with Crippen molar-refractivity contribution in [3.05, 3.63) is 77.1 Å². The molecule has 1 N–H and O–H groups in total. The van der Waals surface area contributed by atoms with E-state index < -0.39 is 5.97 Å². The summed E-state index contributed by atoms with van der Waals surface area (Å²) < 4.78 is 5.17. The lowest BCUT2D eigenvalue weighted by Gasteiger charge is -2.11. The van der Waals surface area contributed by atoms with Gasteiger partial charge in [0.25, 0.3) is 0 Å². The molecule has 7 nitrogen and oxygen atoms in total. The topological polar surface area (TPSA) is 89.9 Å². The molecule has 0 aliphatic rings. The van der Waals surface area contributed by atoms with Crippen molar-refractivity contribution in [3.63, 3.8) is 0 Å². The summed E-state index contributed by atoms with van der Waals surface area (Å²) in [5.41, 5.74) is 3.93. The zero-order chi connectivity index (χ0) is 21.6. The zero-order valence-corrected chi connectivity index (χ0v) is 18.0. The summed E-state index contributed by atoms with van der Waals surface area (Å²) in [6.45, 7) is 4.45. The Labute approximate surface area is 184 Å². The van der Waals surface area contributed by atoms with E-state index in [1.807, 2.05) is 54.8 Å². The zero-order valence-electron chi connectivity index (χ0n) is 17.2. The number of carbonyl (C=O) groups excluding carboxylic acids is 1. The molecular formula is C23H21N5O2S. The van der Waals surface area contributed by atoms with Crippen molar-refractivity contribution >= 4 is 23.1 Å². The number of anilines is 1. The number of nitrogens with one attached hydrogen (secondary N) is 1. The first-order chi connectivity index (χ1) is 15.1. The second-order valence-electron chi connectivity index (χ2n) is 6.76. The highest BCUT2D eigenvalue weighted by atomic mass is 32.1. The third-order valence-electron chi connectivity index (χ3n) is 4.43. The fourth-order valence-corrected chi connectivity index (χ4v) is 3.76. The number of pyridine rings is 1. The van der Waals surface area contributed by atoms with Crippen molar-refractivity contribution in [3.8, 4) is 22.1 Å². The summed E-state index contributed by atoms with van der Waals surface area (Å²) in [7, 11) is 0. The van der Waals surface area contributed by atoms with Gasteiger partial charge >= 0.3 is 5.97 Å². The molecule has 0 bridgehead atoms. The van der Waals surface area contributed by atoms with Crippen LogP contribution >= 0.6 is 11.3 Å². The maximum atomic E-state index is 12.4. The Morgan fingerprint density at radius 2 is 2.03 bits per heavy atom. The van der Waals surface area contributed by atoms with E-state index in [4.69, 9.17) is 4.74 Å². The Morgan fingerprint density at radius 3 is 2.81 bits per heavy atom. The van der Waals surface area contributed by atoms with Crippen LogP contribution in [0.3, 0.4) is 0 Å². The molecule has 8 heteroatoms. The number of nitrogens with zero attached hydrogens (tertiary/aromatic N) is 4. The molecule has 4 rings (SSSR count). The molecule has 1 aromatic carbocycles. The van der Waals surface area contributed by atoms with E-state index in [0.717, 1.165) is 27.5 Å². The van der Waals surface area contributed by atoms with Crippen LogP contribution in [0, 0.1) is 6.92 Å². The Balaban J connectivity index is 1.60. The molecule has 0 atom stereocenters. The predicted molar refractivity (Wildman–Crippen MR) is 121 cm³/mol. The van der Waals surface area contributed by atoms with Crippen LogP contribution < -0.4 is 5.32 Å². The number of carbonyl (C=O) groups is 1. The minimum Gasteiger partial charge on any atom is -0.462 e. The number of ether oxygens (including phenoxy) is 1. The normalized spacial score (nSPS) is 10.6. The number of aromatic nitrogens is 4. The first-order valence-corrected chi connectivity index (χ1v) is 10.7. The number of thiazole rings is 1. The summed E-state index contributed by atoms with van der Waals surface area (Å²) in [4.78, 5) is 30.4. The molecule has 3 heterocycles. The molecule has 0 saturated heterocycles. The lowest BCUT2D eigenvalue weighted by Crippen LogP contribution is -2.13. The van der Waals surface area contributed by atoms with Crippen LogP contribution in [0.5, 0.6) is 0 Å². The van der Waals surface area contributed by atoms with Gasteiger partial charge in [0.2, 0.25) is 0 Å². The first kappa shape index (κ1) is 20.6. The van der Waals surface area contributed by atoms with Crippen molar-refractivity contribution in [2.45, 2.75) is 20.4 Å². The van der Waals surface area contributed by atoms with Crippen LogP contribution in [0.25, 0.3) is 22.1 Å². The standard InChI is InChI=1S/C23H21N5O2S/c1-3-30-23(29)18-13-26-20(16-8-6-7-15(2)11-16)28-21(18)25-12-17-14-31-22(27-17)19-9-4-5-10-24-19/h4-11,13-14H,3,12H2,1-2H3,(H,25,26,28). The van der Waals surface area contributed by atoms with Gasteiger partial charge in [-0.3, -0.25) is 4.98 Å². The van der Waals surface area contributed by atoms with Gasteiger partial charge in [0, 0.05) is 23.3 Å². The van der Waals surface area contributed by atoms with E-state index >= 15 is 0 Å². The van der Waals surface area contributed by atoms with Gasteiger partial charge in [-0.1, -0.05) is 29.8 Å². The average Bonchev–Trinajstić information content (AvgIpc) is 3.27. The first-order valence-electron chi connectivity index (χ1n) is 9.85. The van der Waals surface area contributed by atoms with Crippen molar-refractivity contribution in [2.75, 3.05) is 11.9 Å². The molecule has 0 radical (unpaired) electrons. The summed E-state index contributed by atoms with van der Waals surface area (Å²) in [5.74, 6) is 0.484. The Kier molecular flexibility index (Phi) is 6.28. The largest absolute Gasteiger partial charge is 0.462 e. The van der Waals surface area contributed by atoms with Gasteiger partial charge in [0.05, 0.1) is 24.5 Å². The third kappa shape index (κ3) is 4.92. The monoisotopic (exact) mass is 431 g/mol. The minimum absolute atomic E-state index is 0.275. The SMILES string of the molecule is CCOC(=O)c1cnc(-c2cccc(C)c2)nc1NCc1csc(-c2ccccn2)n1. The highest BCUT2D eigenvalue weighted by molar-refractivity contribution is 7.13. The lowest BCUT2D eigenvalue weighted by molar-refractivity contribution is 0.0526. The number of aryl methyl sites for hydroxylation is 1. The molecule has 31 heavy (non-hydrogen) atoms. The average molecular weight is 432 g/mol. The number of hydrogen-bond donors (Lipinski definition) is 1. The second kappa shape index (κ2) is 9.44. The number of esters is 1. The second-order valence-corrected chi connectivity index (χ2v) is 7.62. The van der Waals surface area contributed by atoms with Crippen LogP contribution in [0.4, 0.5) is 5.82 Å². The number of hydrogen-bond acceptors (Lipinski definition) is 8. The molecule has 0 saturated carbocycles. The Hall–Kier alpha value is -3.65. The van der Waals surface area contributed by atoms with Gasteiger partial charge < -0.3 is 10.1 Å². The van der Waals surface area contributed by atoms with Gasteiger partial charge in [-0.15, -0.1) is 11.3 Å². The van der Waals surface area contributed by atoms with Crippen molar-refractivity contribution in [1.29, 1.82) is 0 Å². The van der Waals surface area contributed by atoms with E-state index in [1.165, 1.54) is 17.5 Å². The molecule has 3 aromatic heterocycles. The van der Waals surface area contributed by atoms with Crippen LogP contribution in [0.2, 0.25) is 0 Å². The number of benzene rings is 1. The fraction of sp³-hybridized carbons (Fsp3) is 0.174. The van der Waals surface area contributed by atoms with Gasteiger partial charge in [-0.2, -0.15) is 0 Å². The predicted octanol–water partition coefficient (Wildman–Crippen LogP) is 4.76. The van der Waals surface area contributed by atoms with Crippen LogP contribution in [0.15, 0.2) is 60.2 Å². The van der Waals surface area contributed by atoms with Crippen LogP contribution in [-0.2, 0) is 11.3 Å². The van der Waals surface area contributed by atoms with Crippen molar-refractivity contribution in [2.24, 2.45) is 0 Å². The van der Waals surface area contributed by atoms with E-state index in [9.17, 15) is 4.79 Å². The molecule has 0 aliphatic carbocycles. The van der Waals surface area contributed by atoms with Gasteiger partial charge in [0.15, 0.2) is 5.82 Å². The highest BCUT2D eigenvalue weighted by Gasteiger charge is 2.17. The maximum Gasteiger partial charge on any atom is 0.343 e. The molecule has 0 fully saturated rings. The summed E-state index contributed by atoms with van der Waals surface area (Å²) >= 11 is 1.52. The van der Waals surface area contributed by atoms with Crippen molar-refractivity contribution < 1.29 is 9.53 Å². The highest BCUT2D eigenvalue weighted by Crippen LogP contribution is 2.24. The van der Waals surface area contributed by atoms with E-state index in [2.05, 4.69) is 25.3 Å². The summed E-state index contributed by atoms with van der Waals surface area (Å²) in [6, 6.07) is 13.6. The van der Waals surface area contributed by atoms with E-state index in [-0.39, 0.29) is 6.61 Å². The van der Waals surface area contributed by atoms with Gasteiger partial charge in [-0.05, 0) is 32.0 Å². The maximum absolute atomic E-state index is 12.4. The lowest BCUT2D eigenvalue weighted by atomic mass is 10.1. The van der Waals surface area contributed by atoms with E-state index in [0.29, 0.717) is 23.8 Å². The molecule has 156 valence electrons.